The number of ether oxygens (including phenoxy) is 1. The Balaban J connectivity index is 1.29. The summed E-state index contributed by atoms with van der Waals surface area (Å²) in [6, 6.07) is 14.0. The number of unbranched alkanes of at least 4 members (excludes halogenated alkanes) is 10. The highest BCUT2D eigenvalue weighted by molar-refractivity contribution is 6.02. The van der Waals surface area contributed by atoms with E-state index in [-0.39, 0.29) is 11.8 Å². The quantitative estimate of drug-likeness (QED) is 0.190. The third-order valence-electron chi connectivity index (χ3n) is 8.96. The summed E-state index contributed by atoms with van der Waals surface area (Å²) in [5.74, 6) is 0.990. The average molecular weight is 591 g/mol. The van der Waals surface area contributed by atoms with Crippen molar-refractivity contribution in [2.45, 2.75) is 96.8 Å². The highest BCUT2D eigenvalue weighted by Gasteiger charge is 2.27. The fourth-order valence-electron chi connectivity index (χ4n) is 6.40. The van der Waals surface area contributed by atoms with Crippen LogP contribution >= 0.6 is 0 Å². The highest BCUT2D eigenvalue weighted by atomic mass is 16.5. The number of likely N-dealkylation sites (tertiary alicyclic amines) is 1. The van der Waals surface area contributed by atoms with Gasteiger partial charge in [0, 0.05) is 57.1 Å². The number of para-hydroxylation sites is 2. The zero-order valence-corrected chi connectivity index (χ0v) is 26.7. The van der Waals surface area contributed by atoms with Crippen molar-refractivity contribution >= 4 is 28.9 Å². The molecule has 2 aromatic carbocycles. The van der Waals surface area contributed by atoms with Crippen LogP contribution in [0.4, 0.5) is 17.1 Å². The summed E-state index contributed by atoms with van der Waals surface area (Å²) in [5.41, 5.74) is 3.47. The molecule has 0 aromatic heterocycles. The van der Waals surface area contributed by atoms with Crippen LogP contribution in [-0.4, -0.2) is 63.1 Å². The molecular weight excluding hydrogens is 536 g/mol. The van der Waals surface area contributed by atoms with Crippen LogP contribution in [-0.2, 0) is 4.79 Å². The van der Waals surface area contributed by atoms with Crippen molar-refractivity contribution in [2.75, 3.05) is 61.5 Å². The SMILES string of the molecule is CCCCCCCCCCCCCC(=O)Nc1ccc(N2CCN(c3ccccc3OC)CC2)c(C(=O)N2CCCC2)c1. The maximum absolute atomic E-state index is 13.7. The summed E-state index contributed by atoms with van der Waals surface area (Å²) in [6.07, 6.45) is 16.6. The Morgan fingerprint density at radius 1 is 0.721 bits per heavy atom. The predicted molar refractivity (Wildman–Crippen MR) is 179 cm³/mol. The number of methoxy groups -OCH3 is 1. The molecule has 2 aliphatic heterocycles. The Kier molecular flexibility index (Phi) is 13.5. The zero-order valence-electron chi connectivity index (χ0n) is 26.7. The number of nitrogens with one attached hydrogen (secondary N) is 1. The van der Waals surface area contributed by atoms with E-state index in [2.05, 4.69) is 28.1 Å². The number of rotatable bonds is 17. The van der Waals surface area contributed by atoms with Crippen molar-refractivity contribution in [3.63, 3.8) is 0 Å². The van der Waals surface area contributed by atoms with Gasteiger partial charge in [-0.1, -0.05) is 83.3 Å². The van der Waals surface area contributed by atoms with E-state index in [1.165, 1.54) is 57.8 Å². The Morgan fingerprint density at radius 2 is 1.30 bits per heavy atom. The lowest BCUT2D eigenvalue weighted by Crippen LogP contribution is -2.47. The van der Waals surface area contributed by atoms with Crippen LogP contribution in [0.15, 0.2) is 42.5 Å². The molecule has 1 N–H and O–H groups in total. The van der Waals surface area contributed by atoms with E-state index in [1.54, 1.807) is 7.11 Å². The number of carbonyl (C=O) groups is 2. The van der Waals surface area contributed by atoms with Crippen molar-refractivity contribution in [3.05, 3.63) is 48.0 Å². The lowest BCUT2D eigenvalue weighted by Gasteiger charge is -2.38. The van der Waals surface area contributed by atoms with Crippen molar-refractivity contribution in [1.29, 1.82) is 0 Å². The highest BCUT2D eigenvalue weighted by Crippen LogP contribution is 2.32. The van der Waals surface area contributed by atoms with Gasteiger partial charge < -0.3 is 24.8 Å². The molecule has 43 heavy (non-hydrogen) atoms. The molecule has 0 bridgehead atoms. The average Bonchev–Trinajstić information content (AvgIpc) is 3.59. The van der Waals surface area contributed by atoms with Gasteiger partial charge in [-0.25, -0.2) is 0 Å². The monoisotopic (exact) mass is 590 g/mol. The topological polar surface area (TPSA) is 65.1 Å². The minimum absolute atomic E-state index is 0.0358. The van der Waals surface area contributed by atoms with Crippen LogP contribution in [0.1, 0.15) is 107 Å². The van der Waals surface area contributed by atoms with Crippen LogP contribution < -0.4 is 19.9 Å². The molecule has 0 atom stereocenters. The first-order valence-electron chi connectivity index (χ1n) is 17.0. The number of hydrogen-bond acceptors (Lipinski definition) is 5. The number of piperazine rings is 1. The van der Waals surface area contributed by atoms with Gasteiger partial charge in [-0.05, 0) is 49.6 Å². The number of nitrogens with zero attached hydrogens (tertiary/aromatic N) is 3. The number of anilines is 3. The van der Waals surface area contributed by atoms with Gasteiger partial charge in [-0.3, -0.25) is 9.59 Å². The predicted octanol–water partition coefficient (Wildman–Crippen LogP) is 7.90. The Bertz CT molecular complexity index is 1140. The van der Waals surface area contributed by atoms with Gasteiger partial charge in [-0.15, -0.1) is 0 Å². The van der Waals surface area contributed by atoms with E-state index < -0.39 is 0 Å². The summed E-state index contributed by atoms with van der Waals surface area (Å²) >= 11 is 0. The number of carbonyl (C=O) groups excluding carboxylic acids is 2. The summed E-state index contributed by atoms with van der Waals surface area (Å²) in [6.45, 7) is 7.17. The van der Waals surface area contributed by atoms with Gasteiger partial charge >= 0.3 is 0 Å². The van der Waals surface area contributed by atoms with Gasteiger partial charge in [0.05, 0.1) is 18.4 Å². The zero-order chi connectivity index (χ0) is 30.3. The molecule has 2 fully saturated rings. The molecule has 236 valence electrons. The summed E-state index contributed by atoms with van der Waals surface area (Å²) in [4.78, 5) is 33.1. The van der Waals surface area contributed by atoms with Crippen LogP contribution in [0, 0.1) is 0 Å². The standard InChI is InChI=1S/C36H54N4O3/c1-3-4-5-6-7-8-9-10-11-12-13-20-35(41)37-30-21-22-32(31(29-30)36(42)40-23-16-17-24-40)38-25-27-39(28-26-38)33-18-14-15-19-34(33)43-2/h14-15,18-19,21-22,29H,3-13,16-17,20,23-28H2,1-2H3,(H,37,41). The molecule has 2 aliphatic rings. The normalized spacial score (nSPS) is 15.2. The first kappa shape index (κ1) is 32.7. The van der Waals surface area contributed by atoms with Gasteiger partial charge in [0.15, 0.2) is 0 Å². The fraction of sp³-hybridized carbons (Fsp3) is 0.611. The maximum Gasteiger partial charge on any atom is 0.256 e. The summed E-state index contributed by atoms with van der Waals surface area (Å²) < 4.78 is 5.59. The van der Waals surface area contributed by atoms with Gasteiger partial charge in [0.25, 0.3) is 5.91 Å². The first-order valence-corrected chi connectivity index (χ1v) is 17.0. The van der Waals surface area contributed by atoms with Crippen LogP contribution in [0.2, 0.25) is 0 Å². The van der Waals surface area contributed by atoms with E-state index in [9.17, 15) is 9.59 Å². The summed E-state index contributed by atoms with van der Waals surface area (Å²) in [7, 11) is 1.71. The Morgan fingerprint density at radius 3 is 1.93 bits per heavy atom. The second-order valence-corrected chi connectivity index (χ2v) is 12.2. The molecule has 0 aliphatic carbocycles. The smallest absolute Gasteiger partial charge is 0.256 e. The molecule has 4 rings (SSSR count). The molecule has 2 saturated heterocycles. The molecule has 0 saturated carbocycles. The van der Waals surface area contributed by atoms with Crippen LogP contribution in [0.5, 0.6) is 5.75 Å². The maximum atomic E-state index is 13.7. The van der Waals surface area contributed by atoms with E-state index >= 15 is 0 Å². The van der Waals surface area contributed by atoms with E-state index in [4.69, 9.17) is 4.74 Å². The Labute approximate surface area is 260 Å². The third-order valence-corrected chi connectivity index (χ3v) is 8.96. The molecule has 2 amide bonds. The second kappa shape index (κ2) is 17.8. The minimum atomic E-state index is 0.0358. The lowest BCUT2D eigenvalue weighted by molar-refractivity contribution is -0.116. The number of hydrogen-bond donors (Lipinski definition) is 1. The van der Waals surface area contributed by atoms with E-state index in [0.717, 1.165) is 82.1 Å². The lowest BCUT2D eigenvalue weighted by atomic mass is 10.1. The number of benzene rings is 2. The molecular formula is C36H54N4O3. The molecule has 0 unspecified atom stereocenters. The first-order chi connectivity index (χ1) is 21.1. The molecule has 7 heteroatoms. The largest absolute Gasteiger partial charge is 0.495 e. The van der Waals surface area contributed by atoms with Gasteiger partial charge in [-0.2, -0.15) is 0 Å². The van der Waals surface area contributed by atoms with E-state index in [1.807, 2.05) is 41.3 Å². The van der Waals surface area contributed by atoms with Gasteiger partial charge in [0.2, 0.25) is 5.91 Å². The van der Waals surface area contributed by atoms with Crippen molar-refractivity contribution < 1.29 is 14.3 Å². The summed E-state index contributed by atoms with van der Waals surface area (Å²) in [5, 5.41) is 3.08. The Hall–Kier alpha value is -3.22. The fourth-order valence-corrected chi connectivity index (χ4v) is 6.40. The van der Waals surface area contributed by atoms with Crippen LogP contribution in [0.3, 0.4) is 0 Å². The minimum Gasteiger partial charge on any atom is -0.495 e. The van der Waals surface area contributed by atoms with Crippen molar-refractivity contribution in [2.24, 2.45) is 0 Å². The van der Waals surface area contributed by atoms with Crippen molar-refractivity contribution in [3.8, 4) is 5.75 Å². The molecule has 7 nitrogen and oxygen atoms in total. The van der Waals surface area contributed by atoms with E-state index in [0.29, 0.717) is 17.7 Å². The molecule has 2 heterocycles. The molecule has 0 radical (unpaired) electrons. The van der Waals surface area contributed by atoms with Gasteiger partial charge in [0.1, 0.15) is 5.75 Å². The number of amides is 2. The molecule has 2 aromatic rings. The van der Waals surface area contributed by atoms with Crippen LogP contribution in [0.25, 0.3) is 0 Å². The molecule has 0 spiro atoms. The van der Waals surface area contributed by atoms with Crippen molar-refractivity contribution in [1.82, 2.24) is 4.90 Å². The second-order valence-electron chi connectivity index (χ2n) is 12.2. The third kappa shape index (κ3) is 9.90.